The third-order valence-corrected chi connectivity index (χ3v) is 6.98. The van der Waals surface area contributed by atoms with Crippen LogP contribution in [0.3, 0.4) is 0 Å². The van der Waals surface area contributed by atoms with Gasteiger partial charge in [0.15, 0.2) is 11.4 Å². The first kappa shape index (κ1) is 27.7. The first-order valence-corrected chi connectivity index (χ1v) is 12.8. The number of halogens is 3. The smallest absolute Gasteiger partial charge is 0.202 e. The standard InChI is InChI=1S/C28H28Cl3NO5/c29-27(30,31)17-32-22-16-23(33)25(35)26(36,24(22)34)18-37-28(19-10-4-1-5-11-19,20-12-6-2-7-13-20)21-14-8-3-9-15-21/h1-15,22,24,32-36H,16-18H2. The van der Waals surface area contributed by atoms with Crippen molar-refractivity contribution < 1.29 is 25.2 Å². The van der Waals surface area contributed by atoms with Gasteiger partial charge in [-0.25, -0.2) is 0 Å². The molecule has 0 bridgehead atoms. The fourth-order valence-electron chi connectivity index (χ4n) is 4.71. The molecule has 6 nitrogen and oxygen atoms in total. The lowest BCUT2D eigenvalue weighted by molar-refractivity contribution is -0.157. The highest BCUT2D eigenvalue weighted by Gasteiger charge is 2.52. The molecule has 4 rings (SSSR count). The zero-order valence-corrected chi connectivity index (χ0v) is 22.0. The van der Waals surface area contributed by atoms with Gasteiger partial charge in [-0.2, -0.15) is 0 Å². The van der Waals surface area contributed by atoms with E-state index in [0.29, 0.717) is 0 Å². The van der Waals surface area contributed by atoms with Crippen molar-refractivity contribution in [2.75, 3.05) is 13.2 Å². The maximum atomic E-state index is 11.6. The van der Waals surface area contributed by atoms with Crippen LogP contribution in [0.4, 0.5) is 0 Å². The van der Waals surface area contributed by atoms with Crippen molar-refractivity contribution in [3.05, 3.63) is 119 Å². The fourth-order valence-corrected chi connectivity index (χ4v) is 4.94. The van der Waals surface area contributed by atoms with E-state index >= 15 is 0 Å². The van der Waals surface area contributed by atoms with Crippen molar-refractivity contribution in [3.63, 3.8) is 0 Å². The number of nitrogens with one attached hydrogen (secondary N) is 1. The van der Waals surface area contributed by atoms with E-state index in [0.717, 1.165) is 16.7 Å². The van der Waals surface area contributed by atoms with Gasteiger partial charge >= 0.3 is 0 Å². The van der Waals surface area contributed by atoms with E-state index in [2.05, 4.69) is 5.32 Å². The minimum absolute atomic E-state index is 0.160. The molecule has 0 heterocycles. The van der Waals surface area contributed by atoms with Gasteiger partial charge in [0, 0.05) is 19.0 Å². The molecule has 1 aliphatic carbocycles. The molecule has 196 valence electrons. The molecule has 5 N–H and O–H groups in total. The Morgan fingerprint density at radius 2 is 1.24 bits per heavy atom. The number of aliphatic hydroxyl groups is 4. The SMILES string of the molecule is OC1=C(O)C(O)(COC(c2ccccc2)(c2ccccc2)c2ccccc2)C(O)C(NCC(Cl)(Cl)Cl)C1. The quantitative estimate of drug-likeness (QED) is 0.192. The summed E-state index contributed by atoms with van der Waals surface area (Å²) in [5.74, 6) is -1.27. The van der Waals surface area contributed by atoms with Gasteiger partial charge in [0.1, 0.15) is 17.5 Å². The molecule has 0 amide bonds. The van der Waals surface area contributed by atoms with Crippen molar-refractivity contribution in [1.29, 1.82) is 0 Å². The van der Waals surface area contributed by atoms with Gasteiger partial charge in [-0.15, -0.1) is 0 Å². The molecule has 0 aromatic heterocycles. The van der Waals surface area contributed by atoms with Crippen LogP contribution in [0.1, 0.15) is 23.1 Å². The minimum Gasteiger partial charge on any atom is -0.509 e. The normalized spacial score (nSPS) is 22.7. The van der Waals surface area contributed by atoms with Crippen LogP contribution in [-0.4, -0.2) is 55.1 Å². The van der Waals surface area contributed by atoms with Crippen molar-refractivity contribution in [3.8, 4) is 0 Å². The number of ether oxygens (including phenoxy) is 1. The highest BCUT2D eigenvalue weighted by atomic mass is 35.6. The molecular weight excluding hydrogens is 537 g/mol. The Morgan fingerprint density at radius 3 is 1.65 bits per heavy atom. The summed E-state index contributed by atoms with van der Waals surface area (Å²) in [6, 6.07) is 27.4. The largest absolute Gasteiger partial charge is 0.509 e. The number of alkyl halides is 3. The summed E-state index contributed by atoms with van der Waals surface area (Å²) in [6.07, 6.45) is -1.78. The molecule has 3 aromatic carbocycles. The summed E-state index contributed by atoms with van der Waals surface area (Å²) in [7, 11) is 0. The Morgan fingerprint density at radius 1 is 0.811 bits per heavy atom. The van der Waals surface area contributed by atoms with Gasteiger partial charge in [-0.1, -0.05) is 126 Å². The Kier molecular flexibility index (Phi) is 8.41. The Bertz CT molecular complexity index is 1110. The Balaban J connectivity index is 1.79. The number of hydrogen-bond donors (Lipinski definition) is 5. The first-order chi connectivity index (χ1) is 17.6. The average Bonchev–Trinajstić information content (AvgIpc) is 2.91. The van der Waals surface area contributed by atoms with Crippen LogP contribution in [-0.2, 0) is 10.3 Å². The molecule has 3 atom stereocenters. The Labute approximate surface area is 230 Å². The maximum Gasteiger partial charge on any atom is 0.202 e. The van der Waals surface area contributed by atoms with E-state index < -0.39 is 45.3 Å². The molecule has 3 unspecified atom stereocenters. The van der Waals surface area contributed by atoms with Crippen LogP contribution >= 0.6 is 34.8 Å². The van der Waals surface area contributed by atoms with Crippen LogP contribution < -0.4 is 5.32 Å². The zero-order valence-electron chi connectivity index (χ0n) is 19.8. The van der Waals surface area contributed by atoms with Crippen LogP contribution in [0.2, 0.25) is 0 Å². The molecule has 0 aliphatic heterocycles. The molecule has 0 spiro atoms. The molecule has 0 radical (unpaired) electrons. The molecular formula is C28H28Cl3NO5. The molecule has 3 aromatic rings. The average molecular weight is 565 g/mol. The second kappa shape index (κ2) is 11.2. The highest BCUT2D eigenvalue weighted by molar-refractivity contribution is 6.67. The van der Waals surface area contributed by atoms with E-state index in [4.69, 9.17) is 39.5 Å². The van der Waals surface area contributed by atoms with E-state index in [1.165, 1.54) is 0 Å². The molecule has 9 heteroatoms. The van der Waals surface area contributed by atoms with Gasteiger partial charge in [0.05, 0.1) is 6.61 Å². The summed E-state index contributed by atoms with van der Waals surface area (Å²) in [4.78, 5) is 0. The minimum atomic E-state index is -2.36. The van der Waals surface area contributed by atoms with Gasteiger partial charge in [-0.3, -0.25) is 0 Å². The van der Waals surface area contributed by atoms with E-state index in [-0.39, 0.29) is 13.0 Å². The first-order valence-electron chi connectivity index (χ1n) is 11.7. The van der Waals surface area contributed by atoms with Crippen LogP contribution in [0.15, 0.2) is 103 Å². The maximum absolute atomic E-state index is 11.6. The van der Waals surface area contributed by atoms with E-state index in [1.807, 2.05) is 91.0 Å². The number of hydrogen-bond acceptors (Lipinski definition) is 6. The van der Waals surface area contributed by atoms with Gasteiger partial charge in [-0.05, 0) is 16.7 Å². The number of aliphatic hydroxyl groups excluding tert-OH is 3. The molecule has 0 saturated carbocycles. The number of benzene rings is 3. The van der Waals surface area contributed by atoms with Crippen LogP contribution in [0, 0.1) is 0 Å². The molecule has 0 saturated heterocycles. The summed E-state index contributed by atoms with van der Waals surface area (Å²) in [5, 5.41) is 46.8. The summed E-state index contributed by atoms with van der Waals surface area (Å²) < 4.78 is 4.92. The summed E-state index contributed by atoms with van der Waals surface area (Å²) in [5.41, 5.74) is -1.30. The topological polar surface area (TPSA) is 102 Å². The second-order valence-electron chi connectivity index (χ2n) is 9.04. The molecule has 0 fully saturated rings. The lowest BCUT2D eigenvalue weighted by Crippen LogP contribution is -2.61. The zero-order chi connectivity index (χ0) is 26.7. The van der Waals surface area contributed by atoms with E-state index in [9.17, 15) is 20.4 Å². The predicted octanol–water partition coefficient (Wildman–Crippen LogP) is 5.15. The van der Waals surface area contributed by atoms with Crippen molar-refractivity contribution in [1.82, 2.24) is 5.32 Å². The Hall–Kier alpha value is -2.29. The lowest BCUT2D eigenvalue weighted by atomic mass is 9.78. The monoisotopic (exact) mass is 563 g/mol. The lowest BCUT2D eigenvalue weighted by Gasteiger charge is -2.44. The number of rotatable bonds is 8. The summed E-state index contributed by atoms with van der Waals surface area (Å²) >= 11 is 17.5. The third kappa shape index (κ3) is 5.76. The van der Waals surface area contributed by atoms with Crippen molar-refractivity contribution in [2.24, 2.45) is 0 Å². The van der Waals surface area contributed by atoms with E-state index in [1.54, 1.807) is 0 Å². The predicted molar refractivity (Wildman–Crippen MR) is 145 cm³/mol. The summed E-state index contributed by atoms with van der Waals surface area (Å²) in [6.45, 7) is -0.735. The fraction of sp³-hybridized carbons (Fsp3) is 0.286. The molecule has 1 aliphatic rings. The highest BCUT2D eigenvalue weighted by Crippen LogP contribution is 2.43. The third-order valence-electron chi connectivity index (χ3n) is 6.58. The van der Waals surface area contributed by atoms with Crippen molar-refractivity contribution in [2.45, 2.75) is 33.6 Å². The molecule has 37 heavy (non-hydrogen) atoms. The second-order valence-corrected chi connectivity index (χ2v) is 11.6. The van der Waals surface area contributed by atoms with Gasteiger partial charge in [0.25, 0.3) is 0 Å². The van der Waals surface area contributed by atoms with Gasteiger partial charge < -0.3 is 30.5 Å². The van der Waals surface area contributed by atoms with Crippen molar-refractivity contribution >= 4 is 34.8 Å². The van der Waals surface area contributed by atoms with Crippen LogP contribution in [0.5, 0.6) is 0 Å². The van der Waals surface area contributed by atoms with Crippen LogP contribution in [0.25, 0.3) is 0 Å². The van der Waals surface area contributed by atoms with Gasteiger partial charge in [0.2, 0.25) is 3.79 Å².